The maximum Gasteiger partial charge on any atom is 0.0929 e. The van der Waals surface area contributed by atoms with Crippen molar-refractivity contribution in [2.75, 3.05) is 31.6 Å². The van der Waals surface area contributed by atoms with E-state index in [9.17, 15) is 0 Å². The molecule has 1 fully saturated rings. The lowest BCUT2D eigenvalue weighted by Crippen LogP contribution is -2.39. The number of likely N-dealkylation sites (N-methyl/N-ethyl adjacent to an activating group) is 1. The smallest absolute Gasteiger partial charge is 0.0929 e. The minimum absolute atomic E-state index is 0.495. The maximum atomic E-state index is 5.27. The van der Waals surface area contributed by atoms with Crippen LogP contribution in [0.25, 0.3) is 0 Å². The third-order valence-corrected chi connectivity index (χ3v) is 3.99. The Morgan fingerprint density at radius 2 is 2.58 bits per heavy atom. The largest absolute Gasteiger partial charge is 0.351 e. The summed E-state index contributed by atoms with van der Waals surface area (Å²) in [5.74, 6) is 2.06. The van der Waals surface area contributed by atoms with Gasteiger partial charge in [0, 0.05) is 24.6 Å². The number of nitrogens with zero attached hydrogens (tertiary/aromatic N) is 1. The van der Waals surface area contributed by atoms with Crippen LogP contribution in [0.4, 0.5) is 0 Å². The zero-order valence-electron chi connectivity index (χ0n) is 7.12. The topological polar surface area (TPSA) is 15.3 Å². The summed E-state index contributed by atoms with van der Waals surface area (Å²) in [4.78, 5) is 3.28. The van der Waals surface area contributed by atoms with E-state index in [1.54, 1.807) is 0 Å². The van der Waals surface area contributed by atoms with Gasteiger partial charge >= 0.3 is 0 Å². The molecule has 1 atom stereocenters. The lowest BCUT2D eigenvalue weighted by Gasteiger charge is -2.24. The second-order valence-corrected chi connectivity index (χ2v) is 4.75. The third-order valence-electron chi connectivity index (χ3n) is 1.79. The molecule has 1 heterocycles. The molecule has 1 aliphatic heterocycles. The van der Waals surface area contributed by atoms with Crippen LogP contribution >= 0.6 is 36.6 Å². The molecule has 0 aliphatic carbocycles. The zero-order valence-corrected chi connectivity index (χ0v) is 9.64. The Morgan fingerprint density at radius 1 is 1.83 bits per heavy atom. The predicted molar refractivity (Wildman–Crippen MR) is 63.3 cm³/mol. The summed E-state index contributed by atoms with van der Waals surface area (Å²) in [7, 11) is 1.92. The summed E-state index contributed by atoms with van der Waals surface area (Å²) in [5, 5.41) is 3.57. The first-order valence-corrected chi connectivity index (χ1v) is 6.05. The van der Waals surface area contributed by atoms with E-state index in [1.807, 2.05) is 18.8 Å². The van der Waals surface area contributed by atoms with Crippen LogP contribution in [0.15, 0.2) is 0 Å². The summed E-state index contributed by atoms with van der Waals surface area (Å²) in [6.45, 7) is 1.89. The second-order valence-electron chi connectivity index (χ2n) is 2.63. The van der Waals surface area contributed by atoms with E-state index in [0.29, 0.717) is 5.37 Å². The first kappa shape index (κ1) is 10.6. The molecule has 0 spiro atoms. The highest BCUT2D eigenvalue weighted by atomic mass is 32.2. The van der Waals surface area contributed by atoms with Gasteiger partial charge in [0.25, 0.3) is 0 Å². The Kier molecular flexibility index (Phi) is 4.71. The highest BCUT2D eigenvalue weighted by molar-refractivity contribution is 8.00. The van der Waals surface area contributed by atoms with Crippen LogP contribution in [0.2, 0.25) is 0 Å². The normalized spacial score (nSPS) is 23.2. The van der Waals surface area contributed by atoms with Crippen molar-refractivity contribution < 1.29 is 0 Å². The van der Waals surface area contributed by atoms with Crippen LogP contribution in [0, 0.1) is 0 Å². The molecule has 1 unspecified atom stereocenters. The summed E-state index contributed by atoms with van der Waals surface area (Å²) >= 11 is 11.5. The standard InChI is InChI=1S/C7H14N2S3/c1-8-4-6(11)9-2-3-12-7(9)5-10/h7-8,10H,2-5H2,1H3. The first-order chi connectivity index (χ1) is 5.79. The number of thiocarbonyl (C=S) groups is 1. The number of rotatable bonds is 3. The van der Waals surface area contributed by atoms with Gasteiger partial charge in [-0.2, -0.15) is 12.6 Å². The second kappa shape index (κ2) is 5.32. The Hall–Kier alpha value is 0.550. The van der Waals surface area contributed by atoms with Gasteiger partial charge in [0.15, 0.2) is 0 Å². The summed E-state index contributed by atoms with van der Waals surface area (Å²) in [6.07, 6.45) is 0. The van der Waals surface area contributed by atoms with E-state index < -0.39 is 0 Å². The fourth-order valence-electron chi connectivity index (χ4n) is 1.21. The first-order valence-electron chi connectivity index (χ1n) is 3.96. The van der Waals surface area contributed by atoms with Gasteiger partial charge in [-0.1, -0.05) is 12.2 Å². The Balaban J connectivity index is 2.43. The van der Waals surface area contributed by atoms with Crippen molar-refractivity contribution in [3.63, 3.8) is 0 Å². The van der Waals surface area contributed by atoms with Crippen LogP contribution in [-0.4, -0.2) is 46.9 Å². The number of hydrogen-bond acceptors (Lipinski definition) is 4. The third kappa shape index (κ3) is 2.52. The monoisotopic (exact) mass is 222 g/mol. The highest BCUT2D eigenvalue weighted by Crippen LogP contribution is 2.24. The fraction of sp³-hybridized carbons (Fsp3) is 0.857. The van der Waals surface area contributed by atoms with Crippen LogP contribution < -0.4 is 5.32 Å². The molecule has 1 rings (SSSR count). The van der Waals surface area contributed by atoms with E-state index in [4.69, 9.17) is 12.2 Å². The van der Waals surface area contributed by atoms with Gasteiger partial charge in [0.05, 0.1) is 10.4 Å². The molecule has 1 saturated heterocycles. The average molecular weight is 222 g/mol. The van der Waals surface area contributed by atoms with Crippen LogP contribution in [0.1, 0.15) is 0 Å². The van der Waals surface area contributed by atoms with Crippen LogP contribution in [-0.2, 0) is 0 Å². The molecular formula is C7H14N2S3. The maximum absolute atomic E-state index is 5.27. The minimum atomic E-state index is 0.495. The van der Waals surface area contributed by atoms with E-state index in [0.717, 1.165) is 23.8 Å². The highest BCUT2D eigenvalue weighted by Gasteiger charge is 2.24. The van der Waals surface area contributed by atoms with Gasteiger partial charge in [-0.05, 0) is 7.05 Å². The van der Waals surface area contributed by atoms with Gasteiger partial charge in [-0.15, -0.1) is 11.8 Å². The summed E-state index contributed by atoms with van der Waals surface area (Å²) in [5.41, 5.74) is 0. The molecule has 12 heavy (non-hydrogen) atoms. The van der Waals surface area contributed by atoms with Gasteiger partial charge < -0.3 is 10.2 Å². The summed E-state index contributed by atoms with van der Waals surface area (Å²) in [6, 6.07) is 0. The molecule has 0 aromatic carbocycles. The molecular weight excluding hydrogens is 208 g/mol. The average Bonchev–Trinajstić information content (AvgIpc) is 2.51. The molecule has 0 bridgehead atoms. The lowest BCUT2D eigenvalue weighted by atomic mass is 10.4. The molecule has 0 amide bonds. The van der Waals surface area contributed by atoms with Gasteiger partial charge in [0.2, 0.25) is 0 Å². The van der Waals surface area contributed by atoms with E-state index in [1.165, 1.54) is 5.75 Å². The number of thioether (sulfide) groups is 1. The molecule has 1 N–H and O–H groups in total. The Morgan fingerprint density at radius 3 is 3.17 bits per heavy atom. The van der Waals surface area contributed by atoms with E-state index in [-0.39, 0.29) is 0 Å². The lowest BCUT2D eigenvalue weighted by molar-refractivity contribution is 0.465. The molecule has 1 aliphatic rings. The fourth-order valence-corrected chi connectivity index (χ4v) is 3.25. The Labute approximate surface area is 88.9 Å². The van der Waals surface area contributed by atoms with Crippen molar-refractivity contribution in [3.05, 3.63) is 0 Å². The molecule has 0 saturated carbocycles. The van der Waals surface area contributed by atoms with Crippen molar-refractivity contribution in [1.29, 1.82) is 0 Å². The van der Waals surface area contributed by atoms with Crippen molar-refractivity contribution in [3.8, 4) is 0 Å². The molecule has 5 heteroatoms. The molecule has 2 nitrogen and oxygen atoms in total. The number of thiol groups is 1. The molecule has 0 radical (unpaired) electrons. The Bertz CT molecular complexity index is 163. The van der Waals surface area contributed by atoms with Gasteiger partial charge in [-0.25, -0.2) is 0 Å². The van der Waals surface area contributed by atoms with Crippen LogP contribution in [0.3, 0.4) is 0 Å². The van der Waals surface area contributed by atoms with Gasteiger partial charge in [-0.3, -0.25) is 0 Å². The summed E-state index contributed by atoms with van der Waals surface area (Å²) < 4.78 is 0. The van der Waals surface area contributed by atoms with Gasteiger partial charge in [0.1, 0.15) is 0 Å². The van der Waals surface area contributed by atoms with Crippen molar-refractivity contribution >= 4 is 41.6 Å². The molecule has 0 aromatic rings. The van der Waals surface area contributed by atoms with Crippen molar-refractivity contribution in [1.82, 2.24) is 10.2 Å². The van der Waals surface area contributed by atoms with Crippen molar-refractivity contribution in [2.45, 2.75) is 5.37 Å². The minimum Gasteiger partial charge on any atom is -0.351 e. The quantitative estimate of drug-likeness (QED) is 0.543. The zero-order chi connectivity index (χ0) is 8.97. The van der Waals surface area contributed by atoms with E-state index >= 15 is 0 Å². The molecule has 70 valence electrons. The van der Waals surface area contributed by atoms with Crippen LogP contribution in [0.5, 0.6) is 0 Å². The number of nitrogens with one attached hydrogen (secondary N) is 1. The van der Waals surface area contributed by atoms with E-state index in [2.05, 4.69) is 22.8 Å². The predicted octanol–water partition coefficient (Wildman–Crippen LogP) is 0.838. The number of hydrogen-bond donors (Lipinski definition) is 2. The molecule has 0 aromatic heterocycles. The SMILES string of the molecule is CNCC(=S)N1CCSC1CS. The van der Waals surface area contributed by atoms with Crippen molar-refractivity contribution in [2.24, 2.45) is 0 Å².